The molecule has 1 amide bonds. The van der Waals surface area contributed by atoms with E-state index in [1.165, 1.54) is 29.3 Å². The number of likely N-dealkylation sites (tertiary alicyclic amines) is 1. The van der Waals surface area contributed by atoms with Crippen LogP contribution in [0.3, 0.4) is 0 Å². The second-order valence-electron chi connectivity index (χ2n) is 5.93. The molecule has 0 saturated carbocycles. The van der Waals surface area contributed by atoms with Crippen LogP contribution in [-0.4, -0.2) is 33.5 Å². The van der Waals surface area contributed by atoms with Crippen LogP contribution in [0.1, 0.15) is 33.9 Å². The second kappa shape index (κ2) is 6.36. The minimum atomic E-state index is -4.49. The third-order valence-electron chi connectivity index (χ3n) is 4.16. The van der Waals surface area contributed by atoms with E-state index in [1.807, 2.05) is 0 Å². The van der Waals surface area contributed by atoms with Gasteiger partial charge in [0, 0.05) is 24.4 Å². The van der Waals surface area contributed by atoms with E-state index in [9.17, 15) is 27.9 Å². The van der Waals surface area contributed by atoms with Crippen molar-refractivity contribution in [1.82, 2.24) is 9.88 Å². The van der Waals surface area contributed by atoms with Gasteiger partial charge in [0.2, 0.25) is 5.56 Å². The maximum Gasteiger partial charge on any atom is 0.416 e. The summed E-state index contributed by atoms with van der Waals surface area (Å²) in [5, 5.41) is 9.93. The Morgan fingerprint density at radius 3 is 2.68 bits per heavy atom. The number of nitrogens with zero attached hydrogens (tertiary/aromatic N) is 1. The van der Waals surface area contributed by atoms with Gasteiger partial charge in [0.05, 0.1) is 17.7 Å². The molecule has 1 aliphatic rings. The number of aliphatic hydroxyl groups excluding tert-OH is 1. The third-order valence-corrected chi connectivity index (χ3v) is 4.16. The number of aromatic amines is 1. The number of aliphatic hydroxyl groups is 1. The maximum atomic E-state index is 12.9. The minimum Gasteiger partial charge on any atom is -0.391 e. The van der Waals surface area contributed by atoms with Crippen LogP contribution in [0.15, 0.2) is 47.4 Å². The van der Waals surface area contributed by atoms with Crippen LogP contribution in [0, 0.1) is 0 Å². The first-order valence-corrected chi connectivity index (χ1v) is 7.60. The number of halogens is 3. The van der Waals surface area contributed by atoms with Crippen molar-refractivity contribution in [3.8, 4) is 0 Å². The topological polar surface area (TPSA) is 73.4 Å². The van der Waals surface area contributed by atoms with Gasteiger partial charge < -0.3 is 15.0 Å². The highest BCUT2D eigenvalue weighted by Crippen LogP contribution is 2.36. The van der Waals surface area contributed by atoms with Gasteiger partial charge >= 0.3 is 6.18 Å². The number of pyridine rings is 1. The van der Waals surface area contributed by atoms with Gasteiger partial charge in [-0.25, -0.2) is 0 Å². The summed E-state index contributed by atoms with van der Waals surface area (Å²) in [6.45, 7) is -0.00740. The molecule has 0 radical (unpaired) electrons. The minimum absolute atomic E-state index is 0.00740. The molecule has 2 atom stereocenters. The zero-order valence-corrected chi connectivity index (χ0v) is 13.0. The molecule has 0 bridgehead atoms. The van der Waals surface area contributed by atoms with Crippen LogP contribution < -0.4 is 5.56 Å². The van der Waals surface area contributed by atoms with Crippen molar-refractivity contribution in [3.05, 3.63) is 69.6 Å². The lowest BCUT2D eigenvalue weighted by molar-refractivity contribution is -0.137. The predicted molar refractivity (Wildman–Crippen MR) is 82.9 cm³/mol. The zero-order valence-electron chi connectivity index (χ0n) is 13.0. The van der Waals surface area contributed by atoms with Gasteiger partial charge in [-0.05, 0) is 30.2 Å². The number of amides is 1. The van der Waals surface area contributed by atoms with E-state index in [-0.39, 0.29) is 18.5 Å². The van der Waals surface area contributed by atoms with Gasteiger partial charge in [-0.3, -0.25) is 9.59 Å². The number of carbonyl (C=O) groups excluding carboxylic acids is 1. The molecule has 2 heterocycles. The van der Waals surface area contributed by atoms with Crippen LogP contribution >= 0.6 is 0 Å². The summed E-state index contributed by atoms with van der Waals surface area (Å²) in [6.07, 6.45) is -3.88. The molecule has 0 unspecified atom stereocenters. The molecular weight excluding hydrogens is 337 g/mol. The smallest absolute Gasteiger partial charge is 0.391 e. The largest absolute Gasteiger partial charge is 0.416 e. The summed E-state index contributed by atoms with van der Waals surface area (Å²) in [4.78, 5) is 27.7. The second-order valence-corrected chi connectivity index (χ2v) is 5.93. The van der Waals surface area contributed by atoms with Gasteiger partial charge in [0.1, 0.15) is 0 Å². The summed E-state index contributed by atoms with van der Waals surface area (Å²) in [7, 11) is 0. The number of H-pyrrole nitrogens is 1. The Labute approximate surface area is 140 Å². The highest BCUT2D eigenvalue weighted by atomic mass is 19.4. The molecule has 2 N–H and O–H groups in total. The first-order valence-electron chi connectivity index (χ1n) is 7.60. The first-order chi connectivity index (χ1) is 11.8. The SMILES string of the molecule is O=C(c1cc[nH]c(=O)c1)N1C[C@@H](O)C[C@@H]1c1cccc(C(F)(F)F)c1. The van der Waals surface area contributed by atoms with Gasteiger partial charge in [0.15, 0.2) is 0 Å². The number of aromatic nitrogens is 1. The van der Waals surface area contributed by atoms with Crippen LogP contribution in [0.25, 0.3) is 0 Å². The number of rotatable bonds is 2. The lowest BCUT2D eigenvalue weighted by Gasteiger charge is -2.25. The van der Waals surface area contributed by atoms with E-state index in [2.05, 4.69) is 4.98 Å². The van der Waals surface area contributed by atoms with Crippen LogP contribution in [0.4, 0.5) is 13.2 Å². The molecule has 1 aromatic heterocycles. The fourth-order valence-corrected chi connectivity index (χ4v) is 3.02. The monoisotopic (exact) mass is 352 g/mol. The third kappa shape index (κ3) is 3.58. The maximum absolute atomic E-state index is 12.9. The molecule has 25 heavy (non-hydrogen) atoms. The quantitative estimate of drug-likeness (QED) is 0.871. The number of alkyl halides is 3. The summed E-state index contributed by atoms with van der Waals surface area (Å²) >= 11 is 0. The fraction of sp³-hybridized carbons (Fsp3) is 0.294. The number of hydrogen-bond acceptors (Lipinski definition) is 3. The number of β-amino-alcohol motifs (C(OH)–C–C–N with tert-alkyl or cyclic N) is 1. The average molecular weight is 352 g/mol. The van der Waals surface area contributed by atoms with E-state index >= 15 is 0 Å². The molecule has 8 heteroatoms. The fourth-order valence-electron chi connectivity index (χ4n) is 3.02. The Kier molecular flexibility index (Phi) is 4.38. The van der Waals surface area contributed by atoms with Gasteiger partial charge in [-0.2, -0.15) is 13.2 Å². The van der Waals surface area contributed by atoms with Crippen LogP contribution in [0.2, 0.25) is 0 Å². The van der Waals surface area contributed by atoms with Crippen molar-refractivity contribution >= 4 is 5.91 Å². The molecule has 3 rings (SSSR count). The number of hydrogen-bond donors (Lipinski definition) is 2. The molecule has 5 nitrogen and oxygen atoms in total. The average Bonchev–Trinajstić information content (AvgIpc) is 2.95. The molecule has 0 aliphatic carbocycles. The first kappa shape index (κ1) is 17.2. The number of carbonyl (C=O) groups is 1. The summed E-state index contributed by atoms with van der Waals surface area (Å²) < 4.78 is 38.8. The van der Waals surface area contributed by atoms with E-state index in [1.54, 1.807) is 0 Å². The molecule has 2 aromatic rings. The standard InChI is InChI=1S/C17H15F3N2O3/c18-17(19,20)12-3-1-2-10(6-12)14-8-13(23)9-22(14)16(25)11-4-5-21-15(24)7-11/h1-7,13-14,23H,8-9H2,(H,21,24)/t13-,14+/m0/s1. The molecular formula is C17H15F3N2O3. The molecule has 132 valence electrons. The number of nitrogens with one attached hydrogen (secondary N) is 1. The summed E-state index contributed by atoms with van der Waals surface area (Å²) in [5.74, 6) is -0.509. The highest BCUT2D eigenvalue weighted by molar-refractivity contribution is 5.94. The van der Waals surface area contributed by atoms with Crippen molar-refractivity contribution in [2.24, 2.45) is 0 Å². The van der Waals surface area contributed by atoms with Gasteiger partial charge in [-0.1, -0.05) is 12.1 Å². The predicted octanol–water partition coefficient (Wildman–Crippen LogP) is 2.34. The Hall–Kier alpha value is -2.61. The van der Waals surface area contributed by atoms with Crippen molar-refractivity contribution in [2.75, 3.05) is 6.54 Å². The Balaban J connectivity index is 1.95. The zero-order chi connectivity index (χ0) is 18.2. The highest BCUT2D eigenvalue weighted by Gasteiger charge is 2.37. The summed E-state index contributed by atoms with van der Waals surface area (Å²) in [5.41, 5.74) is -0.851. The molecule has 1 fully saturated rings. The van der Waals surface area contributed by atoms with E-state index in [4.69, 9.17) is 0 Å². The van der Waals surface area contributed by atoms with E-state index in [0.717, 1.165) is 18.2 Å². The van der Waals surface area contributed by atoms with Crippen LogP contribution in [0.5, 0.6) is 0 Å². The molecule has 1 aromatic carbocycles. The molecule has 1 aliphatic heterocycles. The van der Waals surface area contributed by atoms with Crippen molar-refractivity contribution in [1.29, 1.82) is 0 Å². The molecule has 0 spiro atoms. The van der Waals surface area contributed by atoms with Crippen molar-refractivity contribution in [2.45, 2.75) is 24.7 Å². The van der Waals surface area contributed by atoms with Crippen molar-refractivity contribution in [3.63, 3.8) is 0 Å². The molecule has 1 saturated heterocycles. The van der Waals surface area contributed by atoms with E-state index in [0.29, 0.717) is 5.56 Å². The van der Waals surface area contributed by atoms with Crippen LogP contribution in [-0.2, 0) is 6.18 Å². The van der Waals surface area contributed by atoms with Crippen molar-refractivity contribution < 1.29 is 23.1 Å². The van der Waals surface area contributed by atoms with Gasteiger partial charge in [-0.15, -0.1) is 0 Å². The summed E-state index contributed by atoms with van der Waals surface area (Å²) in [6, 6.07) is 6.56. The van der Waals surface area contributed by atoms with Gasteiger partial charge in [0.25, 0.3) is 5.91 Å². The normalized spacial score (nSPS) is 20.7. The van der Waals surface area contributed by atoms with E-state index < -0.39 is 35.4 Å². The Bertz CT molecular complexity index is 847. The Morgan fingerprint density at radius 1 is 1.24 bits per heavy atom. The lowest BCUT2D eigenvalue weighted by Crippen LogP contribution is -2.32. The lowest BCUT2D eigenvalue weighted by atomic mass is 10.0. The Morgan fingerprint density at radius 2 is 2.00 bits per heavy atom. The number of benzene rings is 1.